The number of pyridine rings is 1. The molecule has 2 rings (SSSR count). The van der Waals surface area contributed by atoms with Crippen LogP contribution in [0.5, 0.6) is 0 Å². The van der Waals surface area contributed by atoms with Gasteiger partial charge in [0.1, 0.15) is 5.82 Å². The van der Waals surface area contributed by atoms with Crippen LogP contribution in [0.4, 0.5) is 5.82 Å². The molecule has 2 heterocycles. The molecule has 1 aromatic heterocycles. The number of nitrogens with one attached hydrogen (secondary N) is 1. The van der Waals surface area contributed by atoms with Gasteiger partial charge in [-0.25, -0.2) is 4.98 Å². The average molecular weight is 340 g/mol. The number of halogens is 1. The van der Waals surface area contributed by atoms with Gasteiger partial charge in [-0.15, -0.1) is 0 Å². The Hall–Kier alpha value is -0.610. The van der Waals surface area contributed by atoms with E-state index >= 15 is 0 Å². The van der Waals surface area contributed by atoms with Gasteiger partial charge in [-0.05, 0) is 75.0 Å². The summed E-state index contributed by atoms with van der Waals surface area (Å²) in [6, 6.07) is 4.79. The van der Waals surface area contributed by atoms with E-state index in [0.717, 1.165) is 29.1 Å². The number of hydrogen-bond donors (Lipinski definition) is 1. The second kappa shape index (κ2) is 6.44. The lowest BCUT2D eigenvalue weighted by molar-refractivity contribution is 0.365. The summed E-state index contributed by atoms with van der Waals surface area (Å²) in [5.74, 6) is 1.12. The number of rotatable bonds is 3. The highest BCUT2D eigenvalue weighted by Crippen LogP contribution is 2.25. The van der Waals surface area contributed by atoms with Gasteiger partial charge in [0.15, 0.2) is 0 Å². The van der Waals surface area contributed by atoms with Gasteiger partial charge in [0.25, 0.3) is 0 Å². The topological polar surface area (TPSA) is 28.2 Å². The molecule has 0 radical (unpaired) electrons. The van der Waals surface area contributed by atoms with Crippen molar-refractivity contribution in [2.45, 2.75) is 58.5 Å². The molecule has 0 aliphatic carbocycles. The second-order valence-electron chi connectivity index (χ2n) is 6.71. The minimum Gasteiger partial charge on any atom is -0.352 e. The van der Waals surface area contributed by atoms with E-state index in [1.807, 2.05) is 0 Å². The monoisotopic (exact) mass is 339 g/mol. The summed E-state index contributed by atoms with van der Waals surface area (Å²) in [6.45, 7) is 10.9. The minimum atomic E-state index is 0.173. The molecule has 0 spiro atoms. The Kier molecular flexibility index (Phi) is 5.08. The standard InChI is InChI=1S/C16H26BrN3/c1-12-14(17)8-9-15(19-12)20-10-6-5-7-13(20)11-18-16(2,3)4/h8-9,13,18H,5-7,10-11H2,1-4H3. The Morgan fingerprint density at radius 2 is 2.10 bits per heavy atom. The third-order valence-corrected chi connectivity index (χ3v) is 4.63. The Morgan fingerprint density at radius 1 is 1.35 bits per heavy atom. The highest BCUT2D eigenvalue weighted by atomic mass is 79.9. The van der Waals surface area contributed by atoms with E-state index in [9.17, 15) is 0 Å². The molecule has 4 heteroatoms. The molecule has 1 aromatic rings. The summed E-state index contributed by atoms with van der Waals surface area (Å²) < 4.78 is 1.09. The number of aromatic nitrogens is 1. The first-order valence-electron chi connectivity index (χ1n) is 7.51. The first kappa shape index (κ1) is 15.8. The SMILES string of the molecule is Cc1nc(N2CCCCC2CNC(C)(C)C)ccc1Br. The Morgan fingerprint density at radius 3 is 2.75 bits per heavy atom. The van der Waals surface area contributed by atoms with Crippen LogP contribution in [0.15, 0.2) is 16.6 Å². The molecule has 1 fully saturated rings. The van der Waals surface area contributed by atoms with E-state index in [4.69, 9.17) is 4.98 Å². The van der Waals surface area contributed by atoms with Gasteiger partial charge in [-0.2, -0.15) is 0 Å². The molecule has 3 nitrogen and oxygen atoms in total. The van der Waals surface area contributed by atoms with E-state index in [2.05, 4.69) is 66.0 Å². The van der Waals surface area contributed by atoms with E-state index in [1.165, 1.54) is 19.3 Å². The molecule has 1 atom stereocenters. The highest BCUT2D eigenvalue weighted by Gasteiger charge is 2.25. The van der Waals surface area contributed by atoms with Gasteiger partial charge in [0.05, 0.1) is 5.69 Å². The Bertz CT molecular complexity index is 454. The maximum Gasteiger partial charge on any atom is 0.129 e. The number of anilines is 1. The summed E-state index contributed by atoms with van der Waals surface area (Å²) in [5.41, 5.74) is 1.24. The van der Waals surface area contributed by atoms with Crippen LogP contribution in [0, 0.1) is 6.92 Å². The van der Waals surface area contributed by atoms with Gasteiger partial charge >= 0.3 is 0 Å². The van der Waals surface area contributed by atoms with Crippen molar-refractivity contribution in [3.05, 3.63) is 22.3 Å². The zero-order chi connectivity index (χ0) is 14.8. The lowest BCUT2D eigenvalue weighted by Crippen LogP contribution is -2.50. The van der Waals surface area contributed by atoms with Crippen molar-refractivity contribution in [2.24, 2.45) is 0 Å². The van der Waals surface area contributed by atoms with Crippen LogP contribution in [-0.4, -0.2) is 29.7 Å². The third kappa shape index (κ3) is 4.19. The van der Waals surface area contributed by atoms with Crippen LogP contribution in [-0.2, 0) is 0 Å². The van der Waals surface area contributed by atoms with Crippen LogP contribution >= 0.6 is 15.9 Å². The van der Waals surface area contributed by atoms with Gasteiger partial charge in [-0.3, -0.25) is 0 Å². The van der Waals surface area contributed by atoms with Crippen molar-refractivity contribution in [3.8, 4) is 0 Å². The van der Waals surface area contributed by atoms with E-state index in [1.54, 1.807) is 0 Å². The normalized spacial score (nSPS) is 20.2. The van der Waals surface area contributed by atoms with Gasteiger partial charge in [-0.1, -0.05) is 0 Å². The molecule has 0 amide bonds. The number of aryl methyl sites for hydroxylation is 1. The average Bonchev–Trinajstić information content (AvgIpc) is 2.39. The first-order valence-corrected chi connectivity index (χ1v) is 8.31. The summed E-state index contributed by atoms with van der Waals surface area (Å²) in [6.07, 6.45) is 3.84. The molecule has 0 aromatic carbocycles. The van der Waals surface area contributed by atoms with Crippen molar-refractivity contribution in [2.75, 3.05) is 18.0 Å². The van der Waals surface area contributed by atoms with Crippen molar-refractivity contribution in [1.82, 2.24) is 10.3 Å². The van der Waals surface area contributed by atoms with Crippen LogP contribution in [0.3, 0.4) is 0 Å². The molecule has 1 saturated heterocycles. The van der Waals surface area contributed by atoms with Crippen molar-refractivity contribution >= 4 is 21.7 Å². The quantitative estimate of drug-likeness (QED) is 0.905. The maximum absolute atomic E-state index is 4.74. The molecule has 1 aliphatic heterocycles. The number of nitrogens with zero attached hydrogens (tertiary/aromatic N) is 2. The lowest BCUT2D eigenvalue weighted by Gasteiger charge is -2.38. The summed E-state index contributed by atoms with van der Waals surface area (Å²) in [4.78, 5) is 7.22. The fraction of sp³-hybridized carbons (Fsp3) is 0.688. The maximum atomic E-state index is 4.74. The molecule has 0 saturated carbocycles. The van der Waals surface area contributed by atoms with E-state index in [-0.39, 0.29) is 5.54 Å². The largest absolute Gasteiger partial charge is 0.352 e. The smallest absolute Gasteiger partial charge is 0.129 e. The molecular weight excluding hydrogens is 314 g/mol. The van der Waals surface area contributed by atoms with Gasteiger partial charge in [0.2, 0.25) is 0 Å². The molecule has 20 heavy (non-hydrogen) atoms. The molecule has 112 valence electrons. The van der Waals surface area contributed by atoms with Crippen LogP contribution in [0.2, 0.25) is 0 Å². The number of hydrogen-bond acceptors (Lipinski definition) is 3. The molecule has 0 bridgehead atoms. The fourth-order valence-corrected chi connectivity index (χ4v) is 2.85. The van der Waals surface area contributed by atoms with Crippen molar-refractivity contribution in [3.63, 3.8) is 0 Å². The second-order valence-corrected chi connectivity index (χ2v) is 7.56. The van der Waals surface area contributed by atoms with Crippen molar-refractivity contribution in [1.29, 1.82) is 0 Å². The molecule has 1 aliphatic rings. The predicted molar refractivity (Wildman–Crippen MR) is 89.4 cm³/mol. The van der Waals surface area contributed by atoms with Gasteiger partial charge < -0.3 is 10.2 Å². The fourth-order valence-electron chi connectivity index (χ4n) is 2.63. The Labute approximate surface area is 131 Å². The molecular formula is C16H26BrN3. The minimum absolute atomic E-state index is 0.173. The number of piperidine rings is 1. The summed E-state index contributed by atoms with van der Waals surface area (Å²) in [7, 11) is 0. The predicted octanol–water partition coefficient (Wildman–Crippen LogP) is 3.90. The van der Waals surface area contributed by atoms with Crippen molar-refractivity contribution < 1.29 is 0 Å². The summed E-state index contributed by atoms with van der Waals surface area (Å²) in [5, 5.41) is 3.64. The highest BCUT2D eigenvalue weighted by molar-refractivity contribution is 9.10. The Balaban J connectivity index is 2.11. The molecule has 1 unspecified atom stereocenters. The zero-order valence-electron chi connectivity index (χ0n) is 13.0. The first-order chi connectivity index (χ1) is 9.37. The van der Waals surface area contributed by atoms with E-state index in [0.29, 0.717) is 6.04 Å². The lowest BCUT2D eigenvalue weighted by atomic mass is 10.0. The zero-order valence-corrected chi connectivity index (χ0v) is 14.6. The summed E-state index contributed by atoms with van der Waals surface area (Å²) >= 11 is 3.53. The molecule has 1 N–H and O–H groups in total. The third-order valence-electron chi connectivity index (χ3n) is 3.80. The van der Waals surface area contributed by atoms with Crippen LogP contribution in [0.25, 0.3) is 0 Å². The van der Waals surface area contributed by atoms with Crippen LogP contribution < -0.4 is 10.2 Å². The van der Waals surface area contributed by atoms with Gasteiger partial charge in [0, 0.05) is 29.1 Å². The van der Waals surface area contributed by atoms with Crippen LogP contribution in [0.1, 0.15) is 45.7 Å². The van der Waals surface area contributed by atoms with E-state index < -0.39 is 0 Å².